The van der Waals surface area contributed by atoms with Crippen molar-refractivity contribution in [2.75, 3.05) is 5.88 Å². The molecule has 0 amide bonds. The van der Waals surface area contributed by atoms with Crippen molar-refractivity contribution in [3.05, 3.63) is 12.2 Å². The summed E-state index contributed by atoms with van der Waals surface area (Å²) >= 11 is 5.19. The molecule has 1 nitrogen and oxygen atoms in total. The van der Waals surface area contributed by atoms with Crippen molar-refractivity contribution in [1.29, 1.82) is 0 Å². The Bertz CT molecular complexity index is 96.7. The molecule has 46 valence electrons. The molecular weight excluding hydrogens is 124 g/mol. The number of carbonyl (C=O) groups excluding carboxylic acids is 1. The molecule has 0 aliphatic carbocycles. The van der Waals surface area contributed by atoms with Gasteiger partial charge < -0.3 is 0 Å². The van der Waals surface area contributed by atoms with Crippen LogP contribution in [0.1, 0.15) is 13.3 Å². The van der Waals surface area contributed by atoms with E-state index in [2.05, 4.69) is 0 Å². The van der Waals surface area contributed by atoms with Crippen LogP contribution in [-0.4, -0.2) is 11.7 Å². The van der Waals surface area contributed by atoms with Crippen LogP contribution in [0.2, 0.25) is 0 Å². The zero-order chi connectivity index (χ0) is 6.41. The molecule has 0 aromatic carbocycles. The fourth-order valence-corrected chi connectivity index (χ4v) is 0.383. The van der Waals surface area contributed by atoms with Crippen molar-refractivity contribution >= 4 is 17.4 Å². The minimum absolute atomic E-state index is 0.0199. The second-order valence-corrected chi connectivity index (χ2v) is 1.68. The standard InChI is InChI=1S/C6H9ClO/c1-2-3-4-6(8)5-7/h3-4H,2,5H2,1H3. The Kier molecular flexibility index (Phi) is 4.67. The number of allylic oxidation sites excluding steroid dienone is 2. The molecule has 0 N–H and O–H groups in total. The van der Waals surface area contributed by atoms with Gasteiger partial charge in [-0.1, -0.05) is 13.0 Å². The van der Waals surface area contributed by atoms with Crippen molar-refractivity contribution in [3.8, 4) is 0 Å². The number of carbonyl (C=O) groups is 1. The average Bonchev–Trinajstić information content (AvgIpc) is 1.83. The predicted molar refractivity (Wildman–Crippen MR) is 35.2 cm³/mol. The van der Waals surface area contributed by atoms with Gasteiger partial charge in [0.1, 0.15) is 0 Å². The van der Waals surface area contributed by atoms with Crippen LogP contribution in [0.4, 0.5) is 0 Å². The second-order valence-electron chi connectivity index (χ2n) is 1.41. The Morgan fingerprint density at radius 2 is 2.38 bits per heavy atom. The van der Waals surface area contributed by atoms with Gasteiger partial charge in [0.25, 0.3) is 0 Å². The van der Waals surface area contributed by atoms with Gasteiger partial charge in [0, 0.05) is 0 Å². The minimum atomic E-state index is -0.0199. The van der Waals surface area contributed by atoms with Crippen LogP contribution in [0.3, 0.4) is 0 Å². The van der Waals surface area contributed by atoms with Crippen LogP contribution in [0.15, 0.2) is 12.2 Å². The fraction of sp³-hybridized carbons (Fsp3) is 0.500. The summed E-state index contributed by atoms with van der Waals surface area (Å²) in [5.41, 5.74) is 0. The number of rotatable bonds is 3. The highest BCUT2D eigenvalue weighted by Gasteiger charge is 1.87. The number of hydrogen-bond acceptors (Lipinski definition) is 1. The molecule has 0 aromatic heterocycles. The Hall–Kier alpha value is -0.300. The van der Waals surface area contributed by atoms with Crippen molar-refractivity contribution < 1.29 is 4.79 Å². The van der Waals surface area contributed by atoms with Crippen LogP contribution < -0.4 is 0 Å². The number of ketones is 1. The molecule has 0 spiro atoms. The molecule has 0 saturated carbocycles. The molecule has 0 saturated heterocycles. The highest BCUT2D eigenvalue weighted by molar-refractivity contribution is 6.29. The molecule has 0 rings (SSSR count). The van der Waals surface area contributed by atoms with E-state index in [9.17, 15) is 4.79 Å². The molecule has 0 bridgehead atoms. The van der Waals surface area contributed by atoms with E-state index < -0.39 is 0 Å². The first-order valence-electron chi connectivity index (χ1n) is 2.56. The van der Waals surface area contributed by atoms with Gasteiger partial charge in [-0.15, -0.1) is 11.6 Å². The Morgan fingerprint density at radius 1 is 1.75 bits per heavy atom. The van der Waals surface area contributed by atoms with E-state index in [-0.39, 0.29) is 11.7 Å². The maximum Gasteiger partial charge on any atom is 0.170 e. The summed E-state index contributed by atoms with van der Waals surface area (Å²) in [6, 6.07) is 0. The van der Waals surface area contributed by atoms with E-state index in [1.807, 2.05) is 6.92 Å². The van der Waals surface area contributed by atoms with E-state index in [1.54, 1.807) is 6.08 Å². The van der Waals surface area contributed by atoms with Crippen molar-refractivity contribution in [2.24, 2.45) is 0 Å². The summed E-state index contributed by atoms with van der Waals surface area (Å²) < 4.78 is 0. The quantitative estimate of drug-likeness (QED) is 0.423. The number of hydrogen-bond donors (Lipinski definition) is 0. The lowest BCUT2D eigenvalue weighted by Crippen LogP contribution is -1.91. The first-order chi connectivity index (χ1) is 3.81. The molecule has 0 heterocycles. The van der Waals surface area contributed by atoms with Crippen molar-refractivity contribution in [3.63, 3.8) is 0 Å². The SMILES string of the molecule is CCC=CC(=O)CCl. The highest BCUT2D eigenvalue weighted by atomic mass is 35.5. The monoisotopic (exact) mass is 132 g/mol. The molecule has 8 heavy (non-hydrogen) atoms. The van der Waals surface area contributed by atoms with Crippen LogP contribution in [0, 0.1) is 0 Å². The maximum atomic E-state index is 10.4. The third-order valence-electron chi connectivity index (χ3n) is 0.671. The largest absolute Gasteiger partial charge is 0.294 e. The molecule has 0 unspecified atom stereocenters. The number of halogens is 1. The third-order valence-corrected chi connectivity index (χ3v) is 0.935. The average molecular weight is 133 g/mol. The van der Waals surface area contributed by atoms with Gasteiger partial charge >= 0.3 is 0 Å². The van der Waals surface area contributed by atoms with E-state index in [0.29, 0.717) is 0 Å². The second kappa shape index (κ2) is 4.85. The molecule has 0 fully saturated rings. The fourth-order valence-electron chi connectivity index (χ4n) is 0.294. The topological polar surface area (TPSA) is 17.1 Å². The summed E-state index contributed by atoms with van der Waals surface area (Å²) in [4.78, 5) is 10.4. The molecule has 0 aliphatic heterocycles. The van der Waals surface area contributed by atoms with Gasteiger partial charge in [-0.3, -0.25) is 4.79 Å². The van der Waals surface area contributed by atoms with Gasteiger partial charge in [0.15, 0.2) is 5.78 Å². The van der Waals surface area contributed by atoms with E-state index in [0.717, 1.165) is 6.42 Å². The Balaban J connectivity index is 3.37. The van der Waals surface area contributed by atoms with Gasteiger partial charge in [0.2, 0.25) is 0 Å². The molecule has 0 atom stereocenters. The lowest BCUT2D eigenvalue weighted by atomic mass is 10.3. The summed E-state index contributed by atoms with van der Waals surface area (Å²) in [6.07, 6.45) is 4.19. The smallest absolute Gasteiger partial charge is 0.170 e. The lowest BCUT2D eigenvalue weighted by Gasteiger charge is -1.79. The minimum Gasteiger partial charge on any atom is -0.294 e. The maximum absolute atomic E-state index is 10.4. The van der Waals surface area contributed by atoms with Crippen molar-refractivity contribution in [2.45, 2.75) is 13.3 Å². The summed E-state index contributed by atoms with van der Waals surface area (Å²) in [6.45, 7) is 1.97. The summed E-state index contributed by atoms with van der Waals surface area (Å²) in [5, 5.41) is 0. The van der Waals surface area contributed by atoms with Crippen LogP contribution in [0.5, 0.6) is 0 Å². The van der Waals surface area contributed by atoms with Gasteiger partial charge in [0.05, 0.1) is 5.88 Å². The first kappa shape index (κ1) is 7.70. The lowest BCUT2D eigenvalue weighted by molar-refractivity contribution is -0.112. The van der Waals surface area contributed by atoms with E-state index in [1.165, 1.54) is 6.08 Å². The van der Waals surface area contributed by atoms with Crippen molar-refractivity contribution in [1.82, 2.24) is 0 Å². The number of alkyl halides is 1. The summed E-state index contributed by atoms with van der Waals surface area (Å²) in [7, 11) is 0. The third kappa shape index (κ3) is 3.88. The van der Waals surface area contributed by atoms with Crippen LogP contribution >= 0.6 is 11.6 Å². The van der Waals surface area contributed by atoms with E-state index >= 15 is 0 Å². The van der Waals surface area contributed by atoms with Gasteiger partial charge in [-0.2, -0.15) is 0 Å². The summed E-state index contributed by atoms with van der Waals surface area (Å²) in [5.74, 6) is 0.0739. The molecule has 0 aromatic rings. The Labute approximate surface area is 54.3 Å². The van der Waals surface area contributed by atoms with Gasteiger partial charge in [-0.05, 0) is 12.5 Å². The zero-order valence-corrected chi connectivity index (χ0v) is 5.61. The molecular formula is C6H9ClO. The predicted octanol–water partition coefficient (Wildman–Crippen LogP) is 1.76. The molecule has 2 heteroatoms. The zero-order valence-electron chi connectivity index (χ0n) is 4.86. The van der Waals surface area contributed by atoms with Crippen LogP contribution in [-0.2, 0) is 4.79 Å². The normalized spacial score (nSPS) is 10.2. The first-order valence-corrected chi connectivity index (χ1v) is 3.10. The molecule has 0 radical (unpaired) electrons. The van der Waals surface area contributed by atoms with E-state index in [4.69, 9.17) is 11.6 Å². The highest BCUT2D eigenvalue weighted by Crippen LogP contribution is 1.83. The van der Waals surface area contributed by atoms with Gasteiger partial charge in [-0.25, -0.2) is 0 Å². The molecule has 0 aliphatic rings. The van der Waals surface area contributed by atoms with Crippen LogP contribution in [0.25, 0.3) is 0 Å². The Morgan fingerprint density at radius 3 is 2.75 bits per heavy atom.